The van der Waals surface area contributed by atoms with E-state index in [0.29, 0.717) is 46.6 Å². The zero-order chi connectivity index (χ0) is 44.4. The van der Waals surface area contributed by atoms with E-state index in [1.165, 1.54) is 11.1 Å². The molecule has 0 fully saturated rings. The highest BCUT2D eigenvalue weighted by molar-refractivity contribution is 6.30. The lowest BCUT2D eigenvalue weighted by molar-refractivity contribution is 0.689. The normalized spacial score (nSPS) is 11.1. The number of nitrogens with two attached hydrogens (primary N) is 5. The average molecular weight is 864 g/mol. The minimum Gasteiger partial charge on any atom is -0.396 e. The van der Waals surface area contributed by atoms with Crippen LogP contribution in [0.3, 0.4) is 0 Å². The van der Waals surface area contributed by atoms with Gasteiger partial charge in [-0.1, -0.05) is 109 Å². The van der Waals surface area contributed by atoms with Crippen molar-refractivity contribution < 1.29 is 0 Å². The van der Waals surface area contributed by atoms with E-state index in [9.17, 15) is 0 Å². The molecule has 9 aromatic rings. The van der Waals surface area contributed by atoms with Gasteiger partial charge in [0.2, 0.25) is 0 Å². The van der Waals surface area contributed by atoms with Crippen molar-refractivity contribution in [2.75, 3.05) is 28.7 Å². The Kier molecular flexibility index (Phi) is 13.0. The van der Waals surface area contributed by atoms with Gasteiger partial charge in [-0.15, -0.1) is 5.11 Å². The Labute approximate surface area is 375 Å². The number of halogens is 1. The van der Waals surface area contributed by atoms with Crippen molar-refractivity contribution in [3.8, 4) is 22.5 Å². The van der Waals surface area contributed by atoms with Crippen LogP contribution in [0.1, 0.15) is 33.4 Å². The van der Waals surface area contributed by atoms with Crippen LogP contribution >= 0.6 is 11.6 Å². The number of anilines is 5. The Morgan fingerprint density at radius 2 is 0.953 bits per heavy atom. The van der Waals surface area contributed by atoms with Crippen LogP contribution in [0.25, 0.3) is 22.5 Å². The summed E-state index contributed by atoms with van der Waals surface area (Å²) < 4.78 is 3.89. The van der Waals surface area contributed by atoms with E-state index in [1.807, 2.05) is 82.4 Å². The van der Waals surface area contributed by atoms with Gasteiger partial charge in [0.15, 0.2) is 5.82 Å². The first-order valence-corrected chi connectivity index (χ1v) is 20.9. The molecule has 4 aromatic heterocycles. The van der Waals surface area contributed by atoms with E-state index in [2.05, 4.69) is 80.9 Å². The molecule has 318 valence electrons. The van der Waals surface area contributed by atoms with E-state index in [1.54, 1.807) is 36.4 Å². The maximum atomic E-state index is 6.17. The van der Waals surface area contributed by atoms with E-state index in [-0.39, 0.29) is 11.6 Å². The summed E-state index contributed by atoms with van der Waals surface area (Å²) in [7, 11) is 0. The van der Waals surface area contributed by atoms with E-state index >= 15 is 0 Å². The Bertz CT molecular complexity index is 3020. The summed E-state index contributed by atoms with van der Waals surface area (Å²) in [6.45, 7) is 1.46. The lowest BCUT2D eigenvalue weighted by Gasteiger charge is -2.10. The quantitative estimate of drug-likeness (QED) is 0.0737. The molecule has 0 aliphatic rings. The number of nitrogen functional groups attached to an aromatic ring is 5. The second kappa shape index (κ2) is 19.6. The zero-order valence-corrected chi connectivity index (χ0v) is 35.6. The molecule has 0 saturated carbocycles. The van der Waals surface area contributed by atoms with E-state index in [4.69, 9.17) is 50.5 Å². The molecule has 0 unspecified atom stereocenters. The first kappa shape index (κ1) is 42.4. The largest absolute Gasteiger partial charge is 0.396 e. The zero-order valence-electron chi connectivity index (χ0n) is 34.8. The fourth-order valence-electron chi connectivity index (χ4n) is 7.17. The molecule has 0 radical (unpaired) electrons. The minimum atomic E-state index is 0.235. The molecule has 0 aliphatic heterocycles. The molecule has 0 amide bonds. The molecular formula is C50H46ClN13. The second-order valence-electron chi connectivity index (χ2n) is 15.1. The maximum Gasteiger partial charge on any atom is 0.154 e. The summed E-state index contributed by atoms with van der Waals surface area (Å²) in [6.07, 6.45) is 5.18. The van der Waals surface area contributed by atoms with Gasteiger partial charge in [-0.25, -0.2) is 9.97 Å². The molecule has 64 heavy (non-hydrogen) atoms. The number of aromatic nitrogens is 6. The number of hydrogen-bond donors (Lipinski definition) is 5. The predicted octanol–water partition coefficient (Wildman–Crippen LogP) is 10.1. The summed E-state index contributed by atoms with van der Waals surface area (Å²) >= 11 is 5.96. The van der Waals surface area contributed by atoms with Crippen molar-refractivity contribution in [2.45, 2.75) is 25.9 Å². The Morgan fingerprint density at radius 1 is 0.469 bits per heavy atom. The highest BCUT2D eigenvalue weighted by Gasteiger charge is 2.13. The molecule has 4 heterocycles. The Balaban J connectivity index is 0.000000181. The lowest BCUT2D eigenvalue weighted by atomic mass is 10.0. The maximum absolute atomic E-state index is 6.17. The molecule has 0 spiro atoms. The Hall–Kier alpha value is -8.29. The van der Waals surface area contributed by atoms with Gasteiger partial charge in [0, 0.05) is 28.5 Å². The summed E-state index contributed by atoms with van der Waals surface area (Å²) in [5.74, 6) is 1.21. The van der Waals surface area contributed by atoms with E-state index < -0.39 is 0 Å². The molecule has 5 aromatic carbocycles. The monoisotopic (exact) mass is 863 g/mol. The fraction of sp³-hybridized carbons (Fsp3) is 0.0800. The third-order valence-electron chi connectivity index (χ3n) is 10.3. The van der Waals surface area contributed by atoms with Crippen molar-refractivity contribution in [2.24, 2.45) is 10.2 Å². The van der Waals surface area contributed by atoms with Crippen LogP contribution in [-0.2, 0) is 25.9 Å². The first-order valence-electron chi connectivity index (χ1n) is 20.5. The van der Waals surface area contributed by atoms with Gasteiger partial charge in [0.05, 0.1) is 35.9 Å². The average Bonchev–Trinajstić information content (AvgIpc) is 3.97. The molecule has 9 rings (SSSR count). The molecule has 14 heteroatoms. The number of hydrogen-bond acceptors (Lipinski definition) is 11. The van der Waals surface area contributed by atoms with Crippen LogP contribution in [0.5, 0.6) is 0 Å². The molecule has 10 N–H and O–H groups in total. The van der Waals surface area contributed by atoms with Gasteiger partial charge in [-0.2, -0.15) is 15.3 Å². The van der Waals surface area contributed by atoms with Gasteiger partial charge < -0.3 is 28.7 Å². The number of azo groups is 1. The van der Waals surface area contributed by atoms with E-state index in [0.717, 1.165) is 57.9 Å². The highest BCUT2D eigenvalue weighted by Crippen LogP contribution is 2.32. The smallest absolute Gasteiger partial charge is 0.154 e. The standard InChI is InChI=1S/C28H24ClN7.C22H22N6/c29-23-9-11-24(12-10-23)33-34-27-22(17-26(30)32-28(27)31)16-20-7-4-8-21(15-20)25-13-14-36(35-25)18-19-5-2-1-3-6-19;23-20-13-18(21(24)22(25)26-20)12-16-7-4-8-17(11-16)19-9-10-28(27-19)14-15-5-2-1-3-6-15/h1-15,17H,16,18H2,(H4,30,31,32);1-11,13H,12,14,24H2,(H4,23,25,26). The van der Waals surface area contributed by atoms with Crippen molar-refractivity contribution in [3.63, 3.8) is 0 Å². The SMILES string of the molecule is Nc1cc(Cc2cccc(-c3ccn(Cc4ccccc4)n3)c2)c(N)c(N)n1.Nc1cc(Cc2cccc(-c3ccn(Cc4ccccc4)n3)c2)c(N=Nc2ccc(Cl)cc2)c(N)n1. The van der Waals surface area contributed by atoms with Crippen LogP contribution in [-0.4, -0.2) is 29.5 Å². The molecule has 0 bridgehead atoms. The molecular weight excluding hydrogens is 818 g/mol. The minimum absolute atomic E-state index is 0.235. The van der Waals surface area contributed by atoms with Crippen LogP contribution in [0.15, 0.2) is 180 Å². The van der Waals surface area contributed by atoms with Gasteiger partial charge in [0.25, 0.3) is 0 Å². The molecule has 0 atom stereocenters. The van der Waals surface area contributed by atoms with Crippen molar-refractivity contribution >= 4 is 51.9 Å². The number of rotatable bonds is 12. The van der Waals surface area contributed by atoms with Crippen molar-refractivity contribution in [1.29, 1.82) is 0 Å². The van der Waals surface area contributed by atoms with Gasteiger partial charge in [0.1, 0.15) is 23.1 Å². The van der Waals surface area contributed by atoms with Gasteiger partial charge >= 0.3 is 0 Å². The molecule has 0 saturated heterocycles. The van der Waals surface area contributed by atoms with Gasteiger partial charge in [-0.05, 0) is 107 Å². The first-order chi connectivity index (χ1) is 31.1. The van der Waals surface area contributed by atoms with Crippen molar-refractivity contribution in [1.82, 2.24) is 29.5 Å². The summed E-state index contributed by atoms with van der Waals surface area (Å²) in [6, 6.07) is 51.7. The number of nitrogens with zero attached hydrogens (tertiary/aromatic N) is 8. The summed E-state index contributed by atoms with van der Waals surface area (Å²) in [4.78, 5) is 8.17. The molecule has 13 nitrogen and oxygen atoms in total. The third-order valence-corrected chi connectivity index (χ3v) is 10.5. The van der Waals surface area contributed by atoms with Crippen LogP contribution in [0.4, 0.5) is 40.3 Å². The number of benzene rings is 5. The van der Waals surface area contributed by atoms with Crippen molar-refractivity contribution in [3.05, 3.63) is 209 Å². The second-order valence-corrected chi connectivity index (χ2v) is 15.6. The van der Waals surface area contributed by atoms with Crippen LogP contribution in [0.2, 0.25) is 5.02 Å². The highest BCUT2D eigenvalue weighted by atomic mass is 35.5. The fourth-order valence-corrected chi connectivity index (χ4v) is 7.30. The van der Waals surface area contributed by atoms with Gasteiger partial charge in [-0.3, -0.25) is 9.36 Å². The number of pyridine rings is 2. The lowest BCUT2D eigenvalue weighted by Crippen LogP contribution is -2.05. The predicted molar refractivity (Wildman–Crippen MR) is 258 cm³/mol. The van der Waals surface area contributed by atoms with Crippen LogP contribution < -0.4 is 28.7 Å². The van der Waals surface area contributed by atoms with Crippen LogP contribution in [0, 0.1) is 0 Å². The summed E-state index contributed by atoms with van der Waals surface area (Å²) in [5, 5.41) is 18.8. The Morgan fingerprint density at radius 3 is 1.50 bits per heavy atom. The topological polar surface area (TPSA) is 216 Å². The third kappa shape index (κ3) is 11.0. The molecule has 0 aliphatic carbocycles. The summed E-state index contributed by atoms with van der Waals surface area (Å²) in [5.41, 5.74) is 41.7.